The molecule has 0 saturated carbocycles. The summed E-state index contributed by atoms with van der Waals surface area (Å²) in [5, 5.41) is 4.84. The molecular weight excluding hydrogens is 350 g/mol. The van der Waals surface area contributed by atoms with Gasteiger partial charge < -0.3 is 18.8 Å². The summed E-state index contributed by atoms with van der Waals surface area (Å²) in [6.45, 7) is 0.918. The Kier molecular flexibility index (Phi) is 3.54. The van der Waals surface area contributed by atoms with Gasteiger partial charge in [-0.2, -0.15) is 9.50 Å². The molecule has 0 aliphatic carbocycles. The summed E-state index contributed by atoms with van der Waals surface area (Å²) in [5.74, 6) is 2.36. The van der Waals surface area contributed by atoms with E-state index in [1.807, 2.05) is 24.3 Å². The Morgan fingerprint density at radius 1 is 1.22 bits per heavy atom. The number of rotatable bonds is 4. The molecule has 0 atom stereocenters. The first-order chi connectivity index (χ1) is 13.2. The maximum absolute atomic E-state index is 12.9. The van der Waals surface area contributed by atoms with E-state index in [0.717, 1.165) is 5.56 Å². The van der Waals surface area contributed by atoms with E-state index in [-0.39, 0.29) is 19.0 Å². The third kappa shape index (κ3) is 2.59. The van der Waals surface area contributed by atoms with E-state index < -0.39 is 0 Å². The lowest BCUT2D eigenvalue weighted by Gasteiger charge is -2.08. The quantitative estimate of drug-likeness (QED) is 0.539. The van der Waals surface area contributed by atoms with Crippen molar-refractivity contribution in [2.45, 2.75) is 13.2 Å². The summed E-state index contributed by atoms with van der Waals surface area (Å²) < 4.78 is 19.0. The Morgan fingerprint density at radius 2 is 2.11 bits per heavy atom. The van der Waals surface area contributed by atoms with Crippen LogP contribution in [0.1, 0.15) is 11.4 Å². The number of aromatic nitrogens is 5. The molecule has 1 aliphatic rings. The third-order valence-corrected chi connectivity index (χ3v) is 4.41. The Balaban J connectivity index is 1.57. The van der Waals surface area contributed by atoms with Crippen molar-refractivity contribution in [3.63, 3.8) is 0 Å². The van der Waals surface area contributed by atoms with E-state index in [9.17, 15) is 4.79 Å². The van der Waals surface area contributed by atoms with Crippen LogP contribution in [-0.4, -0.2) is 38.1 Å². The molecule has 136 valence electrons. The van der Waals surface area contributed by atoms with Crippen LogP contribution in [0, 0.1) is 0 Å². The van der Waals surface area contributed by atoms with E-state index in [4.69, 9.17) is 14.2 Å². The van der Waals surface area contributed by atoms with Gasteiger partial charge >= 0.3 is 0 Å². The van der Waals surface area contributed by atoms with Gasteiger partial charge in [0.15, 0.2) is 17.3 Å². The van der Waals surface area contributed by atoms with Crippen LogP contribution < -0.4 is 15.0 Å². The molecule has 9 nitrogen and oxygen atoms in total. The second kappa shape index (κ2) is 6.06. The van der Waals surface area contributed by atoms with Gasteiger partial charge in [0, 0.05) is 19.5 Å². The first-order valence-corrected chi connectivity index (χ1v) is 8.34. The van der Waals surface area contributed by atoms with Crippen LogP contribution in [0.3, 0.4) is 0 Å². The zero-order valence-corrected chi connectivity index (χ0v) is 14.5. The van der Waals surface area contributed by atoms with Crippen LogP contribution >= 0.6 is 0 Å². The Bertz CT molecular complexity index is 1230. The molecule has 1 aliphatic heterocycles. The normalized spacial score (nSPS) is 12.9. The van der Waals surface area contributed by atoms with Gasteiger partial charge in [-0.15, -0.1) is 5.10 Å². The fourth-order valence-electron chi connectivity index (χ4n) is 3.15. The molecule has 0 fully saturated rings. The number of ether oxygens (including phenoxy) is 3. The molecule has 0 spiro atoms. The predicted octanol–water partition coefficient (Wildman–Crippen LogP) is 1.36. The highest BCUT2D eigenvalue weighted by Crippen LogP contribution is 2.32. The van der Waals surface area contributed by atoms with Crippen molar-refractivity contribution in [2.75, 3.05) is 13.9 Å². The lowest BCUT2D eigenvalue weighted by molar-refractivity contribution is 0.174. The molecule has 0 radical (unpaired) electrons. The van der Waals surface area contributed by atoms with Crippen LogP contribution in [0.5, 0.6) is 11.5 Å². The first-order valence-electron chi connectivity index (χ1n) is 8.34. The number of pyridine rings is 1. The number of nitrogens with zero attached hydrogens (tertiary/aromatic N) is 5. The molecular formula is C18H15N5O4. The average molecular weight is 365 g/mol. The van der Waals surface area contributed by atoms with E-state index in [0.29, 0.717) is 40.5 Å². The molecule has 1 aromatic carbocycles. The highest BCUT2D eigenvalue weighted by Gasteiger charge is 2.15. The van der Waals surface area contributed by atoms with Crippen molar-refractivity contribution in [3.05, 3.63) is 58.4 Å². The van der Waals surface area contributed by atoms with Gasteiger partial charge in [-0.25, -0.2) is 4.98 Å². The fraction of sp³-hybridized carbons (Fsp3) is 0.222. The van der Waals surface area contributed by atoms with Crippen molar-refractivity contribution in [1.29, 1.82) is 0 Å². The SMILES string of the molecule is COCc1nc2ncc3c(=O)n(Cc4ccc5c(c4)OCO5)ccc3n2n1. The zero-order chi connectivity index (χ0) is 18.4. The summed E-state index contributed by atoms with van der Waals surface area (Å²) >= 11 is 0. The summed E-state index contributed by atoms with van der Waals surface area (Å²) in [6.07, 6.45) is 3.28. The first kappa shape index (κ1) is 15.8. The van der Waals surface area contributed by atoms with E-state index in [1.54, 1.807) is 22.4 Å². The molecule has 9 heteroatoms. The number of methoxy groups -OCH3 is 1. The van der Waals surface area contributed by atoms with Gasteiger partial charge in [-0.05, 0) is 23.8 Å². The molecule has 27 heavy (non-hydrogen) atoms. The molecule has 3 aromatic heterocycles. The highest BCUT2D eigenvalue weighted by atomic mass is 16.7. The summed E-state index contributed by atoms with van der Waals surface area (Å²) in [7, 11) is 1.58. The van der Waals surface area contributed by atoms with Crippen LogP contribution in [0.2, 0.25) is 0 Å². The monoisotopic (exact) mass is 365 g/mol. The molecule has 0 bridgehead atoms. The standard InChI is InChI=1S/C18H15N5O4/c1-25-9-16-20-18-19-7-12-13(23(18)21-16)4-5-22(17(12)24)8-11-2-3-14-15(6-11)27-10-26-14/h2-7H,8-10H2,1H3. The number of fused-ring (bicyclic) bond motifs is 4. The second-order valence-electron chi connectivity index (χ2n) is 6.17. The maximum atomic E-state index is 12.9. The molecule has 0 saturated heterocycles. The van der Waals surface area contributed by atoms with Crippen LogP contribution in [0.25, 0.3) is 16.7 Å². The van der Waals surface area contributed by atoms with Crippen LogP contribution in [0.15, 0.2) is 41.5 Å². The largest absolute Gasteiger partial charge is 0.454 e. The minimum atomic E-state index is -0.150. The van der Waals surface area contributed by atoms with Crippen molar-refractivity contribution in [2.24, 2.45) is 0 Å². The molecule has 0 amide bonds. The third-order valence-electron chi connectivity index (χ3n) is 4.41. The molecule has 4 heterocycles. The van der Waals surface area contributed by atoms with Crippen LogP contribution in [0.4, 0.5) is 0 Å². The molecule has 0 unspecified atom stereocenters. The number of hydrogen-bond acceptors (Lipinski definition) is 7. The van der Waals surface area contributed by atoms with E-state index in [2.05, 4.69) is 15.1 Å². The van der Waals surface area contributed by atoms with Gasteiger partial charge in [0.1, 0.15) is 6.61 Å². The molecule has 0 N–H and O–H groups in total. The second-order valence-corrected chi connectivity index (χ2v) is 6.17. The minimum absolute atomic E-state index is 0.150. The topological polar surface area (TPSA) is 92.8 Å². The maximum Gasteiger partial charge on any atom is 0.261 e. The smallest absolute Gasteiger partial charge is 0.261 e. The molecule has 4 aromatic rings. The van der Waals surface area contributed by atoms with Crippen molar-refractivity contribution < 1.29 is 14.2 Å². The van der Waals surface area contributed by atoms with Crippen molar-refractivity contribution in [1.82, 2.24) is 24.1 Å². The van der Waals surface area contributed by atoms with Crippen molar-refractivity contribution in [3.8, 4) is 11.5 Å². The zero-order valence-electron chi connectivity index (χ0n) is 14.5. The Labute approximate surface area is 152 Å². The summed E-state index contributed by atoms with van der Waals surface area (Å²) in [5.41, 5.74) is 1.45. The summed E-state index contributed by atoms with van der Waals surface area (Å²) in [6, 6.07) is 7.49. The minimum Gasteiger partial charge on any atom is -0.454 e. The van der Waals surface area contributed by atoms with Crippen LogP contribution in [-0.2, 0) is 17.9 Å². The lowest BCUT2D eigenvalue weighted by atomic mass is 10.2. The molecule has 5 rings (SSSR count). The summed E-state index contributed by atoms with van der Waals surface area (Å²) in [4.78, 5) is 21.5. The van der Waals surface area contributed by atoms with Gasteiger partial charge in [-0.1, -0.05) is 6.07 Å². The van der Waals surface area contributed by atoms with Gasteiger partial charge in [0.05, 0.1) is 17.4 Å². The van der Waals surface area contributed by atoms with E-state index >= 15 is 0 Å². The van der Waals surface area contributed by atoms with Gasteiger partial charge in [0.25, 0.3) is 11.3 Å². The van der Waals surface area contributed by atoms with Gasteiger partial charge in [-0.3, -0.25) is 4.79 Å². The Morgan fingerprint density at radius 3 is 3.00 bits per heavy atom. The average Bonchev–Trinajstić information content (AvgIpc) is 3.30. The highest BCUT2D eigenvalue weighted by molar-refractivity contribution is 5.78. The van der Waals surface area contributed by atoms with Crippen molar-refractivity contribution >= 4 is 16.7 Å². The Hall–Kier alpha value is -3.46. The number of benzene rings is 1. The van der Waals surface area contributed by atoms with Gasteiger partial charge in [0.2, 0.25) is 6.79 Å². The fourth-order valence-corrected chi connectivity index (χ4v) is 3.15. The lowest BCUT2D eigenvalue weighted by Crippen LogP contribution is -2.21. The van der Waals surface area contributed by atoms with E-state index in [1.165, 1.54) is 6.20 Å². The predicted molar refractivity (Wildman–Crippen MR) is 94.9 cm³/mol. The number of hydrogen-bond donors (Lipinski definition) is 0.